The van der Waals surface area contributed by atoms with E-state index in [1.165, 1.54) is 11.3 Å². The zero-order chi connectivity index (χ0) is 10.1. The smallest absolute Gasteiger partial charge is 0.128 e. The van der Waals surface area contributed by atoms with Gasteiger partial charge < -0.3 is 15.4 Å². The van der Waals surface area contributed by atoms with E-state index in [2.05, 4.69) is 24.1 Å². The Morgan fingerprint density at radius 1 is 1.50 bits per heavy atom. The van der Waals surface area contributed by atoms with Gasteiger partial charge in [-0.15, -0.1) is 0 Å². The van der Waals surface area contributed by atoms with Crippen LogP contribution in [0.25, 0.3) is 0 Å². The van der Waals surface area contributed by atoms with Gasteiger partial charge in [0.1, 0.15) is 5.75 Å². The molecule has 0 spiro atoms. The fourth-order valence-electron chi connectivity index (χ4n) is 2.08. The van der Waals surface area contributed by atoms with Gasteiger partial charge in [-0.25, -0.2) is 0 Å². The number of nitrogens with zero attached hydrogens (tertiary/aromatic N) is 1. The van der Waals surface area contributed by atoms with Crippen molar-refractivity contribution < 1.29 is 4.74 Å². The number of ether oxygens (including phenoxy) is 1. The summed E-state index contributed by atoms with van der Waals surface area (Å²) in [6.07, 6.45) is 1.06. The summed E-state index contributed by atoms with van der Waals surface area (Å²) in [5.74, 6) is 0.981. The zero-order valence-corrected chi connectivity index (χ0v) is 8.71. The number of hydrogen-bond donors (Lipinski definition) is 1. The van der Waals surface area contributed by atoms with Gasteiger partial charge in [0.2, 0.25) is 0 Å². The SMILES string of the molecule is COc1c(CN)ccc2c1CCN2C. The van der Waals surface area contributed by atoms with E-state index in [4.69, 9.17) is 10.5 Å². The number of benzene rings is 1. The summed E-state index contributed by atoms with van der Waals surface area (Å²) in [5.41, 5.74) is 9.34. The molecule has 0 aromatic heterocycles. The number of rotatable bonds is 2. The maximum absolute atomic E-state index is 5.66. The third kappa shape index (κ3) is 1.24. The Bertz CT molecular complexity index is 349. The lowest BCUT2D eigenvalue weighted by Crippen LogP contribution is -2.12. The van der Waals surface area contributed by atoms with E-state index >= 15 is 0 Å². The predicted molar refractivity (Wildman–Crippen MR) is 57.9 cm³/mol. The number of hydrogen-bond acceptors (Lipinski definition) is 3. The first-order chi connectivity index (χ1) is 6.77. The van der Waals surface area contributed by atoms with Crippen molar-refractivity contribution in [2.45, 2.75) is 13.0 Å². The summed E-state index contributed by atoms with van der Waals surface area (Å²) < 4.78 is 5.42. The lowest BCUT2D eigenvalue weighted by Gasteiger charge is -2.15. The minimum atomic E-state index is 0.542. The molecule has 0 unspecified atom stereocenters. The molecule has 2 N–H and O–H groups in total. The second kappa shape index (κ2) is 3.50. The van der Waals surface area contributed by atoms with Gasteiger partial charge in [0, 0.05) is 37.0 Å². The summed E-state index contributed by atoms with van der Waals surface area (Å²) in [6, 6.07) is 4.19. The van der Waals surface area contributed by atoms with Crippen molar-refractivity contribution in [1.82, 2.24) is 0 Å². The Morgan fingerprint density at radius 2 is 2.29 bits per heavy atom. The Morgan fingerprint density at radius 3 is 2.93 bits per heavy atom. The van der Waals surface area contributed by atoms with Gasteiger partial charge in [0.05, 0.1) is 7.11 Å². The number of anilines is 1. The average molecular weight is 192 g/mol. The Labute approximate surface area is 84.5 Å². The highest BCUT2D eigenvalue weighted by Crippen LogP contribution is 2.36. The lowest BCUT2D eigenvalue weighted by atomic mass is 10.1. The molecule has 0 bridgehead atoms. The van der Waals surface area contributed by atoms with Gasteiger partial charge in [-0.3, -0.25) is 0 Å². The summed E-state index contributed by atoms with van der Waals surface area (Å²) in [7, 11) is 3.82. The van der Waals surface area contributed by atoms with Gasteiger partial charge in [-0.1, -0.05) is 6.07 Å². The summed E-state index contributed by atoms with van der Waals surface area (Å²) in [6.45, 7) is 1.61. The molecule has 1 aliphatic heterocycles. The minimum Gasteiger partial charge on any atom is -0.496 e. The van der Waals surface area contributed by atoms with Crippen LogP contribution >= 0.6 is 0 Å². The number of methoxy groups -OCH3 is 1. The Hall–Kier alpha value is -1.22. The van der Waals surface area contributed by atoms with Crippen molar-refractivity contribution in [2.75, 3.05) is 25.6 Å². The lowest BCUT2D eigenvalue weighted by molar-refractivity contribution is 0.406. The first-order valence-corrected chi connectivity index (χ1v) is 4.88. The molecule has 2 rings (SSSR count). The second-order valence-corrected chi connectivity index (χ2v) is 3.63. The van der Waals surface area contributed by atoms with Gasteiger partial charge in [-0.2, -0.15) is 0 Å². The number of likely N-dealkylation sites (N-methyl/N-ethyl adjacent to an activating group) is 1. The predicted octanol–water partition coefficient (Wildman–Crippen LogP) is 1.15. The van der Waals surface area contributed by atoms with E-state index in [-0.39, 0.29) is 0 Å². The van der Waals surface area contributed by atoms with Crippen molar-refractivity contribution in [3.05, 3.63) is 23.3 Å². The standard InChI is InChI=1S/C11H16N2O/c1-13-6-5-9-10(13)4-3-8(7-12)11(9)14-2/h3-4H,5-7,12H2,1-2H3. The van der Waals surface area contributed by atoms with Crippen LogP contribution in [0.2, 0.25) is 0 Å². The molecule has 0 saturated carbocycles. The molecule has 0 fully saturated rings. The summed E-state index contributed by atoms with van der Waals surface area (Å²) in [4.78, 5) is 2.25. The molecule has 0 atom stereocenters. The Kier molecular flexibility index (Phi) is 2.33. The Balaban J connectivity index is 2.54. The first kappa shape index (κ1) is 9.34. The van der Waals surface area contributed by atoms with Crippen LogP contribution in [0, 0.1) is 0 Å². The quantitative estimate of drug-likeness (QED) is 0.763. The molecular weight excluding hydrogens is 176 g/mol. The van der Waals surface area contributed by atoms with Crippen molar-refractivity contribution in [1.29, 1.82) is 0 Å². The normalized spacial score (nSPS) is 14.4. The van der Waals surface area contributed by atoms with Gasteiger partial charge in [0.15, 0.2) is 0 Å². The minimum absolute atomic E-state index is 0.542. The molecule has 3 nitrogen and oxygen atoms in total. The molecule has 0 amide bonds. The molecule has 76 valence electrons. The van der Waals surface area contributed by atoms with Crippen molar-refractivity contribution in [3.63, 3.8) is 0 Å². The second-order valence-electron chi connectivity index (χ2n) is 3.63. The highest BCUT2D eigenvalue weighted by molar-refractivity contribution is 5.65. The maximum Gasteiger partial charge on any atom is 0.128 e. The van der Waals surface area contributed by atoms with E-state index < -0.39 is 0 Å². The molecule has 1 aromatic rings. The van der Waals surface area contributed by atoms with Crippen LogP contribution < -0.4 is 15.4 Å². The van der Waals surface area contributed by atoms with E-state index in [1.807, 2.05) is 0 Å². The monoisotopic (exact) mass is 192 g/mol. The first-order valence-electron chi connectivity index (χ1n) is 4.88. The number of nitrogens with two attached hydrogens (primary N) is 1. The maximum atomic E-state index is 5.66. The van der Waals surface area contributed by atoms with E-state index in [0.29, 0.717) is 6.54 Å². The molecule has 0 radical (unpaired) electrons. The summed E-state index contributed by atoms with van der Waals surface area (Å²) in [5, 5.41) is 0. The van der Waals surface area contributed by atoms with Crippen LogP contribution in [0.3, 0.4) is 0 Å². The zero-order valence-electron chi connectivity index (χ0n) is 8.71. The van der Waals surface area contributed by atoms with Gasteiger partial charge in [-0.05, 0) is 12.5 Å². The van der Waals surface area contributed by atoms with Crippen molar-refractivity contribution in [2.24, 2.45) is 5.73 Å². The van der Waals surface area contributed by atoms with E-state index in [9.17, 15) is 0 Å². The van der Waals surface area contributed by atoms with Crippen LogP contribution in [0.4, 0.5) is 5.69 Å². The fraction of sp³-hybridized carbons (Fsp3) is 0.455. The molecular formula is C11H16N2O. The molecule has 0 aliphatic carbocycles. The highest BCUT2D eigenvalue weighted by Gasteiger charge is 2.21. The third-order valence-corrected chi connectivity index (χ3v) is 2.85. The van der Waals surface area contributed by atoms with E-state index in [1.54, 1.807) is 7.11 Å². The van der Waals surface area contributed by atoms with Crippen LogP contribution in [0.5, 0.6) is 5.75 Å². The van der Waals surface area contributed by atoms with E-state index in [0.717, 1.165) is 24.3 Å². The average Bonchev–Trinajstić information content (AvgIpc) is 2.59. The van der Waals surface area contributed by atoms with Crippen LogP contribution in [-0.4, -0.2) is 20.7 Å². The third-order valence-electron chi connectivity index (χ3n) is 2.85. The van der Waals surface area contributed by atoms with Crippen LogP contribution in [-0.2, 0) is 13.0 Å². The number of fused-ring (bicyclic) bond motifs is 1. The molecule has 14 heavy (non-hydrogen) atoms. The van der Waals surface area contributed by atoms with Crippen molar-refractivity contribution >= 4 is 5.69 Å². The van der Waals surface area contributed by atoms with Crippen LogP contribution in [0.1, 0.15) is 11.1 Å². The largest absolute Gasteiger partial charge is 0.496 e. The topological polar surface area (TPSA) is 38.5 Å². The van der Waals surface area contributed by atoms with Crippen molar-refractivity contribution in [3.8, 4) is 5.75 Å². The molecule has 1 aliphatic rings. The molecule has 0 saturated heterocycles. The van der Waals surface area contributed by atoms with Gasteiger partial charge >= 0.3 is 0 Å². The van der Waals surface area contributed by atoms with Gasteiger partial charge in [0.25, 0.3) is 0 Å². The fourth-order valence-corrected chi connectivity index (χ4v) is 2.08. The molecule has 3 heteroatoms. The summed E-state index contributed by atoms with van der Waals surface area (Å²) >= 11 is 0. The highest BCUT2D eigenvalue weighted by atomic mass is 16.5. The molecule has 1 aromatic carbocycles. The molecule has 1 heterocycles. The van der Waals surface area contributed by atoms with Crippen LogP contribution in [0.15, 0.2) is 12.1 Å².